The summed E-state index contributed by atoms with van der Waals surface area (Å²) in [6, 6.07) is 14.1. The molecule has 1 nitrogen and oxygen atoms in total. The Bertz CT molecular complexity index is 610. The zero-order valence-corrected chi connectivity index (χ0v) is 14.6. The SMILES string of the molecule is C.COc1ccccc1CCC(C)CCc1ccc(Cl)c(Cl)c1. The third kappa shape index (κ3) is 6.08. The molecule has 0 aliphatic carbocycles. The molecule has 0 N–H and O–H groups in total. The zero-order chi connectivity index (χ0) is 15.9. The van der Waals surface area contributed by atoms with Crippen molar-refractivity contribution in [2.24, 2.45) is 5.92 Å². The Morgan fingerprint density at radius 1 is 0.957 bits per heavy atom. The summed E-state index contributed by atoms with van der Waals surface area (Å²) in [5.41, 5.74) is 2.53. The van der Waals surface area contributed by atoms with E-state index >= 15 is 0 Å². The molecule has 0 spiro atoms. The van der Waals surface area contributed by atoms with Crippen molar-refractivity contribution in [2.75, 3.05) is 7.11 Å². The molecule has 1 unspecified atom stereocenters. The van der Waals surface area contributed by atoms with Gasteiger partial charge in [-0.05, 0) is 60.9 Å². The van der Waals surface area contributed by atoms with Crippen LogP contribution in [-0.4, -0.2) is 7.11 Å². The molecule has 0 radical (unpaired) electrons. The van der Waals surface area contributed by atoms with Gasteiger partial charge >= 0.3 is 0 Å². The summed E-state index contributed by atoms with van der Waals surface area (Å²) in [6.07, 6.45) is 4.38. The van der Waals surface area contributed by atoms with Crippen molar-refractivity contribution in [1.29, 1.82) is 0 Å². The number of aryl methyl sites for hydroxylation is 2. The first-order chi connectivity index (χ1) is 10.6. The molecule has 3 heteroatoms. The molecule has 0 saturated heterocycles. The van der Waals surface area contributed by atoms with Crippen LogP contribution in [0.4, 0.5) is 0 Å². The van der Waals surface area contributed by atoms with E-state index in [0.29, 0.717) is 16.0 Å². The van der Waals surface area contributed by atoms with E-state index in [9.17, 15) is 0 Å². The number of rotatable bonds is 7. The lowest BCUT2D eigenvalue weighted by molar-refractivity contribution is 0.405. The van der Waals surface area contributed by atoms with Gasteiger partial charge in [-0.2, -0.15) is 0 Å². The molecule has 0 fully saturated rings. The van der Waals surface area contributed by atoms with Crippen molar-refractivity contribution in [1.82, 2.24) is 0 Å². The molecule has 2 aromatic carbocycles. The summed E-state index contributed by atoms with van der Waals surface area (Å²) >= 11 is 12.0. The van der Waals surface area contributed by atoms with Crippen molar-refractivity contribution in [3.05, 3.63) is 63.6 Å². The van der Waals surface area contributed by atoms with Crippen LogP contribution in [0.2, 0.25) is 10.0 Å². The summed E-state index contributed by atoms with van der Waals surface area (Å²) in [4.78, 5) is 0. The van der Waals surface area contributed by atoms with Crippen molar-refractivity contribution < 1.29 is 4.74 Å². The molecule has 0 heterocycles. The molecule has 1 atom stereocenters. The molecule has 0 saturated carbocycles. The van der Waals surface area contributed by atoms with Gasteiger partial charge in [0.25, 0.3) is 0 Å². The molecule has 0 bridgehead atoms. The normalized spacial score (nSPS) is 11.7. The van der Waals surface area contributed by atoms with Gasteiger partial charge in [0.05, 0.1) is 17.2 Å². The molecular weight excluding hydrogens is 327 g/mol. The molecule has 0 aromatic heterocycles. The van der Waals surface area contributed by atoms with E-state index in [1.165, 1.54) is 11.1 Å². The Kier molecular flexibility index (Phi) is 8.51. The Morgan fingerprint density at radius 2 is 1.65 bits per heavy atom. The Hall–Kier alpha value is -1.18. The maximum atomic E-state index is 6.06. The van der Waals surface area contributed by atoms with E-state index in [4.69, 9.17) is 27.9 Å². The number of para-hydroxylation sites is 1. The van der Waals surface area contributed by atoms with Crippen LogP contribution in [0.15, 0.2) is 42.5 Å². The van der Waals surface area contributed by atoms with E-state index in [1.54, 1.807) is 7.11 Å². The number of benzene rings is 2. The van der Waals surface area contributed by atoms with Gasteiger partial charge in [-0.25, -0.2) is 0 Å². The lowest BCUT2D eigenvalue weighted by Crippen LogP contribution is -2.01. The van der Waals surface area contributed by atoms with Gasteiger partial charge in [-0.1, -0.05) is 61.8 Å². The highest BCUT2D eigenvalue weighted by atomic mass is 35.5. The molecule has 23 heavy (non-hydrogen) atoms. The molecule has 0 aliphatic rings. The first kappa shape index (κ1) is 19.9. The predicted molar refractivity (Wildman–Crippen MR) is 102 cm³/mol. The Morgan fingerprint density at radius 3 is 2.35 bits per heavy atom. The van der Waals surface area contributed by atoms with E-state index in [0.717, 1.165) is 31.4 Å². The predicted octanol–water partition coefficient (Wildman–Crippen LogP) is 6.84. The zero-order valence-electron chi connectivity index (χ0n) is 13.1. The lowest BCUT2D eigenvalue weighted by atomic mass is 9.94. The van der Waals surface area contributed by atoms with Crippen LogP contribution in [0.25, 0.3) is 0 Å². The van der Waals surface area contributed by atoms with E-state index in [2.05, 4.69) is 25.1 Å². The molecule has 0 aliphatic heterocycles. The van der Waals surface area contributed by atoms with Crippen LogP contribution in [-0.2, 0) is 12.8 Å². The van der Waals surface area contributed by atoms with Crippen LogP contribution < -0.4 is 4.74 Å². The third-order valence-electron chi connectivity index (χ3n) is 4.01. The van der Waals surface area contributed by atoms with Crippen LogP contribution in [0.3, 0.4) is 0 Å². The summed E-state index contributed by atoms with van der Waals surface area (Å²) in [6.45, 7) is 2.30. The third-order valence-corrected chi connectivity index (χ3v) is 4.75. The number of hydrogen-bond acceptors (Lipinski definition) is 1. The topological polar surface area (TPSA) is 9.23 Å². The smallest absolute Gasteiger partial charge is 0.122 e. The van der Waals surface area contributed by atoms with Crippen molar-refractivity contribution in [3.63, 3.8) is 0 Å². The first-order valence-electron chi connectivity index (χ1n) is 7.66. The van der Waals surface area contributed by atoms with E-state index in [1.807, 2.05) is 24.3 Å². The fourth-order valence-electron chi connectivity index (χ4n) is 2.56. The van der Waals surface area contributed by atoms with Gasteiger partial charge in [0.1, 0.15) is 5.75 Å². The standard InChI is InChI=1S/C19H22Cl2O.CH4/c1-14(7-9-15-10-12-17(20)18(21)13-15)8-11-16-5-3-4-6-19(16)22-2;/h3-6,10,12-14H,7-9,11H2,1-2H3;1H4. The van der Waals surface area contributed by atoms with Gasteiger partial charge in [-0.3, -0.25) is 0 Å². The van der Waals surface area contributed by atoms with Crippen LogP contribution in [0.1, 0.15) is 38.3 Å². The van der Waals surface area contributed by atoms with Crippen molar-refractivity contribution >= 4 is 23.2 Å². The van der Waals surface area contributed by atoms with Crippen LogP contribution in [0.5, 0.6) is 5.75 Å². The largest absolute Gasteiger partial charge is 0.496 e. The number of hydrogen-bond donors (Lipinski definition) is 0. The minimum absolute atomic E-state index is 0. The molecule has 126 valence electrons. The Balaban J connectivity index is 0.00000264. The number of methoxy groups -OCH3 is 1. The summed E-state index contributed by atoms with van der Waals surface area (Å²) < 4.78 is 5.40. The van der Waals surface area contributed by atoms with E-state index < -0.39 is 0 Å². The minimum atomic E-state index is 0. The highest BCUT2D eigenvalue weighted by Gasteiger charge is 2.07. The summed E-state index contributed by atoms with van der Waals surface area (Å²) in [5.74, 6) is 1.64. The molecule has 0 amide bonds. The second-order valence-corrected chi connectivity index (χ2v) is 6.56. The summed E-state index contributed by atoms with van der Waals surface area (Å²) in [5, 5.41) is 1.26. The van der Waals surface area contributed by atoms with Crippen molar-refractivity contribution in [2.45, 2.75) is 40.0 Å². The second-order valence-electron chi connectivity index (χ2n) is 5.74. The molecule has 2 aromatic rings. The Labute approximate surface area is 150 Å². The van der Waals surface area contributed by atoms with Gasteiger partial charge in [-0.15, -0.1) is 0 Å². The quantitative estimate of drug-likeness (QED) is 0.529. The molecule has 2 rings (SSSR count). The summed E-state index contributed by atoms with van der Waals surface area (Å²) in [7, 11) is 1.73. The van der Waals surface area contributed by atoms with E-state index in [-0.39, 0.29) is 7.43 Å². The van der Waals surface area contributed by atoms with Crippen LogP contribution >= 0.6 is 23.2 Å². The maximum Gasteiger partial charge on any atom is 0.122 e. The van der Waals surface area contributed by atoms with Gasteiger partial charge < -0.3 is 4.74 Å². The molecular formula is C20H26Cl2O. The fraction of sp³-hybridized carbons (Fsp3) is 0.400. The van der Waals surface area contributed by atoms with Gasteiger partial charge in [0, 0.05) is 0 Å². The lowest BCUT2D eigenvalue weighted by Gasteiger charge is -2.13. The maximum absolute atomic E-state index is 6.06. The minimum Gasteiger partial charge on any atom is -0.496 e. The highest BCUT2D eigenvalue weighted by Crippen LogP contribution is 2.25. The number of halogens is 2. The average Bonchev–Trinajstić information content (AvgIpc) is 2.54. The number of ether oxygens (including phenoxy) is 1. The van der Waals surface area contributed by atoms with Gasteiger partial charge in [0.15, 0.2) is 0 Å². The van der Waals surface area contributed by atoms with Crippen molar-refractivity contribution in [3.8, 4) is 5.75 Å². The van der Waals surface area contributed by atoms with Gasteiger partial charge in [0.2, 0.25) is 0 Å². The average molecular weight is 353 g/mol. The fourth-order valence-corrected chi connectivity index (χ4v) is 2.88. The second kappa shape index (κ2) is 9.85. The monoisotopic (exact) mass is 352 g/mol. The first-order valence-corrected chi connectivity index (χ1v) is 8.41. The van der Waals surface area contributed by atoms with Crippen LogP contribution in [0, 0.1) is 5.92 Å². The highest BCUT2D eigenvalue weighted by molar-refractivity contribution is 6.42.